The van der Waals surface area contributed by atoms with Crippen molar-refractivity contribution in [1.29, 1.82) is 0 Å². The molecule has 17 heavy (non-hydrogen) atoms. The Balaban J connectivity index is 2.57. The van der Waals surface area contributed by atoms with Gasteiger partial charge in [0.2, 0.25) is 5.90 Å². The number of hydrogen-bond donors (Lipinski definition) is 0. The molecule has 1 heterocycles. The third kappa shape index (κ3) is 2.31. The van der Waals surface area contributed by atoms with Crippen LogP contribution < -0.4 is 4.74 Å². The summed E-state index contributed by atoms with van der Waals surface area (Å²) >= 11 is 1.56. The van der Waals surface area contributed by atoms with E-state index in [1.54, 1.807) is 18.9 Å². The van der Waals surface area contributed by atoms with Gasteiger partial charge in [-0.1, -0.05) is 30.8 Å². The number of methoxy groups -OCH3 is 1. The van der Waals surface area contributed by atoms with E-state index in [-0.39, 0.29) is 0 Å². The number of fused-ring (bicyclic) bond motifs is 1. The summed E-state index contributed by atoms with van der Waals surface area (Å²) in [6.45, 7) is 2.06. The third-order valence-electron chi connectivity index (χ3n) is 2.51. The second kappa shape index (κ2) is 5.27. The molecule has 0 saturated heterocycles. The summed E-state index contributed by atoms with van der Waals surface area (Å²) < 4.78 is 11.2. The van der Waals surface area contributed by atoms with Crippen LogP contribution in [-0.2, 0) is 4.74 Å². The number of benzene rings is 1. The van der Waals surface area contributed by atoms with Gasteiger partial charge in [-0.15, -0.1) is 0 Å². The number of ether oxygens (including phenoxy) is 2. The monoisotopic (exact) mass is 249 g/mol. The quantitative estimate of drug-likeness (QED) is 0.804. The highest BCUT2D eigenvalue weighted by atomic mass is 32.2. The van der Waals surface area contributed by atoms with Gasteiger partial charge in [-0.2, -0.15) is 0 Å². The van der Waals surface area contributed by atoms with Crippen molar-refractivity contribution in [2.45, 2.75) is 13.3 Å². The molecule has 0 aromatic heterocycles. The molecule has 0 amide bonds. The molecule has 4 heteroatoms. The largest absolute Gasteiger partial charge is 0.480 e. The first kappa shape index (κ1) is 12.0. The molecule has 0 fully saturated rings. The van der Waals surface area contributed by atoms with Gasteiger partial charge in [-0.05, 0) is 24.8 Å². The molecule has 2 rings (SSSR count). The molecule has 0 unspecified atom stereocenters. The van der Waals surface area contributed by atoms with E-state index in [1.165, 1.54) is 0 Å². The number of para-hydroxylation sites is 1. The average Bonchev–Trinajstić information content (AvgIpc) is 2.54. The summed E-state index contributed by atoms with van der Waals surface area (Å²) in [5.74, 6) is 1.41. The van der Waals surface area contributed by atoms with Crippen molar-refractivity contribution in [2.24, 2.45) is 4.99 Å². The Morgan fingerprint density at radius 3 is 2.76 bits per heavy atom. The van der Waals surface area contributed by atoms with Crippen molar-refractivity contribution >= 4 is 17.7 Å². The van der Waals surface area contributed by atoms with Gasteiger partial charge in [0.15, 0.2) is 5.09 Å². The second-order valence-corrected chi connectivity index (χ2v) is 4.29. The van der Waals surface area contributed by atoms with E-state index in [2.05, 4.69) is 11.9 Å². The molecule has 90 valence electrons. The van der Waals surface area contributed by atoms with Crippen molar-refractivity contribution < 1.29 is 9.47 Å². The fourth-order valence-corrected chi connectivity index (χ4v) is 2.26. The molecule has 0 saturated carbocycles. The molecule has 0 atom stereocenters. The predicted octanol–water partition coefficient (Wildman–Crippen LogP) is 3.41. The molecule has 1 aliphatic rings. The van der Waals surface area contributed by atoms with Crippen LogP contribution in [-0.4, -0.2) is 19.3 Å². The van der Waals surface area contributed by atoms with Crippen molar-refractivity contribution in [3.8, 4) is 5.75 Å². The number of aliphatic imine (C=N–C) groups is 1. The minimum Gasteiger partial charge on any atom is -0.480 e. The van der Waals surface area contributed by atoms with Crippen molar-refractivity contribution in [1.82, 2.24) is 0 Å². The fourth-order valence-electron chi connectivity index (χ4n) is 1.66. The van der Waals surface area contributed by atoms with E-state index in [0.717, 1.165) is 28.5 Å². The van der Waals surface area contributed by atoms with Crippen LogP contribution in [0.4, 0.5) is 0 Å². The van der Waals surface area contributed by atoms with Gasteiger partial charge in [0.1, 0.15) is 5.75 Å². The Bertz CT molecular complexity index is 480. The third-order valence-corrected chi connectivity index (χ3v) is 3.20. The molecule has 0 spiro atoms. The lowest BCUT2D eigenvalue weighted by Gasteiger charge is -2.09. The maximum Gasteiger partial charge on any atom is 0.224 e. The zero-order chi connectivity index (χ0) is 12.3. The Morgan fingerprint density at radius 1 is 1.35 bits per heavy atom. The maximum atomic E-state index is 5.89. The van der Waals surface area contributed by atoms with E-state index in [0.29, 0.717) is 5.90 Å². The average molecular weight is 249 g/mol. The van der Waals surface area contributed by atoms with Crippen LogP contribution >= 0.6 is 11.8 Å². The lowest BCUT2D eigenvalue weighted by molar-refractivity contribution is 0.402. The molecular formula is C13H15NO2S. The van der Waals surface area contributed by atoms with E-state index >= 15 is 0 Å². The van der Waals surface area contributed by atoms with Crippen molar-refractivity contribution in [3.05, 3.63) is 40.6 Å². The normalized spacial score (nSPS) is 14.6. The molecular weight excluding hydrogens is 234 g/mol. The summed E-state index contributed by atoms with van der Waals surface area (Å²) in [7, 11) is 1.63. The number of thioether (sulfide) groups is 1. The predicted molar refractivity (Wildman–Crippen MR) is 71.4 cm³/mol. The summed E-state index contributed by atoms with van der Waals surface area (Å²) in [5.41, 5.74) is 1.82. The molecule has 3 nitrogen and oxygen atoms in total. The first-order chi connectivity index (χ1) is 8.30. The van der Waals surface area contributed by atoms with Crippen molar-refractivity contribution in [2.75, 3.05) is 13.4 Å². The fraction of sp³-hybridized carbons (Fsp3) is 0.308. The van der Waals surface area contributed by atoms with Gasteiger partial charge < -0.3 is 9.47 Å². The highest BCUT2D eigenvalue weighted by Gasteiger charge is 2.19. The summed E-state index contributed by atoms with van der Waals surface area (Å²) in [5, 5.41) is 0.840. The number of rotatable bonds is 2. The standard InChI is InChI=1S/C13H15NO2S/c1-4-10-13(17-3)16-11-8-6-5-7-9(11)12(14-10)15-2/h5-8H,4H2,1-3H3. The van der Waals surface area contributed by atoms with Crippen LogP contribution in [0.2, 0.25) is 0 Å². The summed E-state index contributed by atoms with van der Waals surface area (Å²) in [6.07, 6.45) is 2.80. The van der Waals surface area contributed by atoms with Gasteiger partial charge in [0.25, 0.3) is 0 Å². The van der Waals surface area contributed by atoms with E-state index in [1.807, 2.05) is 30.5 Å². The SMILES string of the molecule is CCC1=C(SC)Oc2ccccc2C(OC)=N1. The summed E-state index contributed by atoms with van der Waals surface area (Å²) in [4.78, 5) is 4.53. The Labute approximate surface area is 106 Å². The number of hydrogen-bond acceptors (Lipinski definition) is 4. The molecule has 1 aromatic rings. The zero-order valence-electron chi connectivity index (χ0n) is 10.2. The highest BCUT2D eigenvalue weighted by Crippen LogP contribution is 2.31. The zero-order valence-corrected chi connectivity index (χ0v) is 11.0. The summed E-state index contributed by atoms with van der Waals surface area (Å²) in [6, 6.07) is 7.78. The highest BCUT2D eigenvalue weighted by molar-refractivity contribution is 8.02. The lowest BCUT2D eigenvalue weighted by atomic mass is 10.2. The Morgan fingerprint density at radius 2 is 2.12 bits per heavy atom. The first-order valence-electron chi connectivity index (χ1n) is 5.47. The maximum absolute atomic E-state index is 5.89. The molecule has 0 bridgehead atoms. The van der Waals surface area contributed by atoms with Gasteiger partial charge in [-0.3, -0.25) is 0 Å². The minimum absolute atomic E-state index is 0.613. The second-order valence-electron chi connectivity index (χ2n) is 3.51. The topological polar surface area (TPSA) is 30.8 Å². The van der Waals surface area contributed by atoms with Crippen LogP contribution in [0.5, 0.6) is 5.75 Å². The lowest BCUT2D eigenvalue weighted by Crippen LogP contribution is -2.03. The molecule has 1 aromatic carbocycles. The van der Waals surface area contributed by atoms with Crippen LogP contribution in [0.25, 0.3) is 0 Å². The first-order valence-corrected chi connectivity index (χ1v) is 6.69. The van der Waals surface area contributed by atoms with Gasteiger partial charge in [-0.25, -0.2) is 4.99 Å². The number of allylic oxidation sites excluding steroid dienone is 1. The van der Waals surface area contributed by atoms with Crippen LogP contribution in [0.3, 0.4) is 0 Å². The van der Waals surface area contributed by atoms with Crippen molar-refractivity contribution in [3.63, 3.8) is 0 Å². The van der Waals surface area contributed by atoms with Crippen LogP contribution in [0.1, 0.15) is 18.9 Å². The van der Waals surface area contributed by atoms with Crippen LogP contribution in [0, 0.1) is 0 Å². The molecule has 0 aliphatic carbocycles. The van der Waals surface area contributed by atoms with Gasteiger partial charge in [0.05, 0.1) is 18.4 Å². The molecule has 1 aliphatic heterocycles. The van der Waals surface area contributed by atoms with E-state index in [9.17, 15) is 0 Å². The van der Waals surface area contributed by atoms with Crippen LogP contribution in [0.15, 0.2) is 40.0 Å². The minimum atomic E-state index is 0.613. The molecule has 0 radical (unpaired) electrons. The number of nitrogens with zero attached hydrogens (tertiary/aromatic N) is 1. The Kier molecular flexibility index (Phi) is 3.74. The van der Waals surface area contributed by atoms with Gasteiger partial charge >= 0.3 is 0 Å². The Hall–Kier alpha value is -1.42. The van der Waals surface area contributed by atoms with E-state index < -0.39 is 0 Å². The van der Waals surface area contributed by atoms with Gasteiger partial charge in [0, 0.05) is 0 Å². The molecule has 0 N–H and O–H groups in total. The van der Waals surface area contributed by atoms with E-state index in [4.69, 9.17) is 9.47 Å². The smallest absolute Gasteiger partial charge is 0.224 e.